The Morgan fingerprint density at radius 3 is 2.13 bits per heavy atom. The average molecular weight is 522 g/mol. The number of amides is 3. The quantitative estimate of drug-likeness (QED) is 0.199. The van der Waals surface area contributed by atoms with Crippen LogP contribution < -0.4 is 21.7 Å². The molecule has 0 aliphatic heterocycles. The van der Waals surface area contributed by atoms with E-state index in [4.69, 9.17) is 5.73 Å². The first-order chi connectivity index (χ1) is 18.2. The van der Waals surface area contributed by atoms with E-state index in [-0.39, 0.29) is 31.7 Å². The number of nitrogens with two attached hydrogens (primary N) is 1. The van der Waals surface area contributed by atoms with E-state index in [0.717, 1.165) is 22.0 Å². The maximum Gasteiger partial charge on any atom is 0.326 e. The summed E-state index contributed by atoms with van der Waals surface area (Å²) in [4.78, 5) is 53.8. The topological polar surface area (TPSA) is 166 Å². The van der Waals surface area contributed by atoms with Crippen LogP contribution in [0.3, 0.4) is 0 Å². The maximum atomic E-state index is 13.4. The van der Waals surface area contributed by atoms with Gasteiger partial charge in [0.25, 0.3) is 0 Å². The number of rotatable bonds is 13. The summed E-state index contributed by atoms with van der Waals surface area (Å²) in [5, 5.41) is 18.6. The minimum absolute atomic E-state index is 0.0224. The number of hydrogen-bond donors (Lipinski definition) is 6. The van der Waals surface area contributed by atoms with Gasteiger partial charge in [0.15, 0.2) is 0 Å². The number of hydrogen-bond acceptors (Lipinski definition) is 5. The van der Waals surface area contributed by atoms with Crippen molar-refractivity contribution in [1.29, 1.82) is 0 Å². The van der Waals surface area contributed by atoms with Gasteiger partial charge >= 0.3 is 5.97 Å². The highest BCUT2D eigenvalue weighted by Crippen LogP contribution is 2.19. The molecule has 0 bridgehead atoms. The minimum atomic E-state index is -1.18. The molecule has 1 aromatic heterocycles. The number of nitrogens with one attached hydrogen (secondary N) is 4. The van der Waals surface area contributed by atoms with Gasteiger partial charge in [0, 0.05) is 29.9 Å². The van der Waals surface area contributed by atoms with Crippen molar-refractivity contribution in [3.8, 4) is 0 Å². The van der Waals surface area contributed by atoms with Gasteiger partial charge in [0.1, 0.15) is 18.1 Å². The molecule has 3 aromatic rings. The van der Waals surface area contributed by atoms with Crippen molar-refractivity contribution in [3.63, 3.8) is 0 Å². The summed E-state index contributed by atoms with van der Waals surface area (Å²) in [7, 11) is 0. The Hall–Kier alpha value is -4.18. The summed E-state index contributed by atoms with van der Waals surface area (Å²) in [5.74, 6) is -2.83. The van der Waals surface area contributed by atoms with Gasteiger partial charge in [-0.25, -0.2) is 4.79 Å². The Kier molecular flexibility index (Phi) is 10.0. The summed E-state index contributed by atoms with van der Waals surface area (Å²) in [5.41, 5.74) is 7.94. The number of aromatic nitrogens is 1. The molecule has 0 spiro atoms. The van der Waals surface area contributed by atoms with Crippen LogP contribution in [0.4, 0.5) is 0 Å². The molecule has 10 nitrogen and oxygen atoms in total. The van der Waals surface area contributed by atoms with Crippen LogP contribution in [0.2, 0.25) is 0 Å². The molecule has 1 heterocycles. The fraction of sp³-hybridized carbons (Fsp3) is 0.357. The van der Waals surface area contributed by atoms with Crippen LogP contribution in [0.15, 0.2) is 60.8 Å². The van der Waals surface area contributed by atoms with E-state index in [1.807, 2.05) is 44.2 Å². The molecule has 3 atom stereocenters. The lowest BCUT2D eigenvalue weighted by Crippen LogP contribution is -2.57. The third-order valence-electron chi connectivity index (χ3n) is 6.17. The zero-order valence-corrected chi connectivity index (χ0v) is 21.6. The monoisotopic (exact) mass is 521 g/mol. The Balaban J connectivity index is 1.78. The molecule has 3 amide bonds. The zero-order valence-electron chi connectivity index (χ0n) is 21.6. The van der Waals surface area contributed by atoms with Gasteiger partial charge in [-0.3, -0.25) is 14.4 Å². The SMILES string of the molecule is CC(C)CC(NC(=O)C(Cc1c[nH]c2ccccc12)NC(=O)CN)C(=O)NC(Cc1ccccc1)C(=O)O. The molecule has 10 heteroatoms. The normalized spacial score (nSPS) is 13.5. The predicted molar refractivity (Wildman–Crippen MR) is 144 cm³/mol. The number of benzene rings is 2. The molecule has 0 aliphatic rings. The lowest BCUT2D eigenvalue weighted by atomic mass is 10.00. The average Bonchev–Trinajstić information content (AvgIpc) is 3.30. The number of H-pyrrole nitrogens is 1. The van der Waals surface area contributed by atoms with Crippen molar-refractivity contribution >= 4 is 34.6 Å². The Labute approximate surface area is 221 Å². The van der Waals surface area contributed by atoms with Gasteiger partial charge in [-0.2, -0.15) is 0 Å². The smallest absolute Gasteiger partial charge is 0.326 e. The summed E-state index contributed by atoms with van der Waals surface area (Å²) in [6, 6.07) is 13.4. The van der Waals surface area contributed by atoms with E-state index in [2.05, 4.69) is 20.9 Å². The molecule has 0 saturated heterocycles. The third kappa shape index (κ3) is 7.91. The molecule has 2 aromatic carbocycles. The highest BCUT2D eigenvalue weighted by molar-refractivity contribution is 5.94. The number of aliphatic carboxylic acids is 1. The number of para-hydroxylation sites is 1. The van der Waals surface area contributed by atoms with Crippen molar-refractivity contribution in [2.24, 2.45) is 11.7 Å². The predicted octanol–water partition coefficient (Wildman–Crippen LogP) is 1.50. The second kappa shape index (κ2) is 13.4. The number of aromatic amines is 1. The van der Waals surface area contributed by atoms with Crippen LogP contribution in [0.25, 0.3) is 10.9 Å². The second-order valence-electron chi connectivity index (χ2n) is 9.67. The van der Waals surface area contributed by atoms with Gasteiger partial charge in [0.05, 0.1) is 6.54 Å². The van der Waals surface area contributed by atoms with E-state index in [9.17, 15) is 24.3 Å². The first-order valence-electron chi connectivity index (χ1n) is 12.6. The largest absolute Gasteiger partial charge is 0.480 e. The van der Waals surface area contributed by atoms with E-state index < -0.39 is 41.8 Å². The lowest BCUT2D eigenvalue weighted by molar-refractivity contribution is -0.142. The van der Waals surface area contributed by atoms with Crippen LogP contribution in [0.1, 0.15) is 31.4 Å². The Morgan fingerprint density at radius 1 is 0.842 bits per heavy atom. The van der Waals surface area contributed by atoms with Gasteiger partial charge in [-0.15, -0.1) is 0 Å². The Bertz CT molecular complexity index is 1260. The summed E-state index contributed by atoms with van der Waals surface area (Å²) in [6.07, 6.45) is 2.32. The number of carboxylic acid groups (broad SMARTS) is 1. The van der Waals surface area contributed by atoms with Crippen LogP contribution in [0, 0.1) is 5.92 Å². The van der Waals surface area contributed by atoms with Crippen LogP contribution in [-0.2, 0) is 32.0 Å². The number of carboxylic acids is 1. The first kappa shape index (κ1) is 28.4. The van der Waals surface area contributed by atoms with E-state index in [1.165, 1.54) is 0 Å². The standard InChI is InChI=1S/C28H35N5O5/c1-17(2)12-22(26(35)33-24(28(37)38)13-18-8-4-3-5-9-18)32-27(36)23(31-25(34)15-29)14-19-16-30-21-11-7-6-10-20(19)21/h3-11,16-17,22-24,30H,12-15,29H2,1-2H3,(H,31,34)(H,32,36)(H,33,35)(H,37,38). The number of carbonyl (C=O) groups excluding carboxylic acids is 3. The zero-order chi connectivity index (χ0) is 27.7. The minimum Gasteiger partial charge on any atom is -0.480 e. The molecule has 0 saturated carbocycles. The molecule has 0 radical (unpaired) electrons. The number of carbonyl (C=O) groups is 4. The van der Waals surface area contributed by atoms with Crippen LogP contribution in [-0.4, -0.2) is 58.5 Å². The van der Waals surface area contributed by atoms with Gasteiger partial charge < -0.3 is 31.8 Å². The molecule has 3 unspecified atom stereocenters. The summed E-state index contributed by atoms with van der Waals surface area (Å²) >= 11 is 0. The van der Waals surface area contributed by atoms with E-state index >= 15 is 0 Å². The van der Waals surface area contributed by atoms with Crippen molar-refractivity contribution < 1.29 is 24.3 Å². The molecule has 3 rings (SSSR count). The summed E-state index contributed by atoms with van der Waals surface area (Å²) < 4.78 is 0. The summed E-state index contributed by atoms with van der Waals surface area (Å²) in [6.45, 7) is 3.49. The molecule has 7 N–H and O–H groups in total. The second-order valence-corrected chi connectivity index (χ2v) is 9.67. The molecular weight excluding hydrogens is 486 g/mol. The molecule has 0 fully saturated rings. The molecular formula is C28H35N5O5. The van der Waals surface area contributed by atoms with Crippen molar-refractivity contribution in [2.45, 2.75) is 51.2 Å². The van der Waals surface area contributed by atoms with E-state index in [0.29, 0.717) is 0 Å². The molecule has 202 valence electrons. The van der Waals surface area contributed by atoms with Gasteiger partial charge in [-0.1, -0.05) is 62.4 Å². The molecule has 38 heavy (non-hydrogen) atoms. The third-order valence-corrected chi connectivity index (χ3v) is 6.17. The number of fused-ring (bicyclic) bond motifs is 1. The van der Waals surface area contributed by atoms with Gasteiger partial charge in [0.2, 0.25) is 17.7 Å². The van der Waals surface area contributed by atoms with Crippen LogP contribution in [0.5, 0.6) is 0 Å². The maximum absolute atomic E-state index is 13.4. The fourth-order valence-corrected chi connectivity index (χ4v) is 4.28. The first-order valence-corrected chi connectivity index (χ1v) is 12.6. The van der Waals surface area contributed by atoms with Gasteiger partial charge in [-0.05, 0) is 29.5 Å². The fourth-order valence-electron chi connectivity index (χ4n) is 4.28. The highest BCUT2D eigenvalue weighted by Gasteiger charge is 2.30. The van der Waals surface area contributed by atoms with E-state index in [1.54, 1.807) is 30.5 Å². The highest BCUT2D eigenvalue weighted by atomic mass is 16.4. The van der Waals surface area contributed by atoms with Crippen molar-refractivity contribution in [3.05, 3.63) is 71.9 Å². The lowest BCUT2D eigenvalue weighted by Gasteiger charge is -2.25. The van der Waals surface area contributed by atoms with Crippen molar-refractivity contribution in [1.82, 2.24) is 20.9 Å². The van der Waals surface area contributed by atoms with Crippen LogP contribution >= 0.6 is 0 Å². The Morgan fingerprint density at radius 2 is 1.47 bits per heavy atom. The van der Waals surface area contributed by atoms with Crippen molar-refractivity contribution in [2.75, 3.05) is 6.54 Å². The molecule has 0 aliphatic carbocycles.